The van der Waals surface area contributed by atoms with Crippen molar-refractivity contribution in [3.8, 4) is 0 Å². The molecular weight excluding hydrogens is 314 g/mol. The lowest BCUT2D eigenvalue weighted by molar-refractivity contribution is 0.0743. The van der Waals surface area contributed by atoms with Crippen molar-refractivity contribution in [1.82, 2.24) is 19.3 Å². The molecule has 25 heavy (non-hydrogen) atoms. The molecule has 0 spiro atoms. The van der Waals surface area contributed by atoms with Crippen LogP contribution >= 0.6 is 0 Å². The Morgan fingerprint density at radius 2 is 2.24 bits per heavy atom. The van der Waals surface area contributed by atoms with E-state index < -0.39 is 0 Å². The zero-order chi connectivity index (χ0) is 17.2. The van der Waals surface area contributed by atoms with E-state index >= 15 is 0 Å². The number of aryl methyl sites for hydroxylation is 1. The van der Waals surface area contributed by atoms with E-state index in [9.17, 15) is 4.79 Å². The predicted octanol–water partition coefficient (Wildman–Crippen LogP) is 2.75. The van der Waals surface area contributed by atoms with E-state index in [-0.39, 0.29) is 11.9 Å². The minimum atomic E-state index is 0.0806. The van der Waals surface area contributed by atoms with Crippen molar-refractivity contribution in [3.63, 3.8) is 0 Å². The molecule has 1 aliphatic heterocycles. The first-order chi connectivity index (χ1) is 12.2. The fourth-order valence-electron chi connectivity index (χ4n) is 3.39. The van der Waals surface area contributed by atoms with Gasteiger partial charge in [-0.1, -0.05) is 6.07 Å². The molecule has 0 bridgehead atoms. The molecule has 6 heteroatoms. The lowest BCUT2D eigenvalue weighted by atomic mass is 10.2. The standard InChI is InChI=1S/C19H21N5O/c1-14-4-2-6-17(22-14)21-12-16-5-3-10-24(16)19(25)15-7-8-18-20-9-11-23(18)13-15/h2,4,6-9,11,13,16H,3,5,10,12H2,1H3,(H,21,22). The number of nitrogens with one attached hydrogen (secondary N) is 1. The van der Waals surface area contributed by atoms with Gasteiger partial charge in [0.25, 0.3) is 5.91 Å². The Labute approximate surface area is 146 Å². The van der Waals surface area contributed by atoms with Crippen LogP contribution in [0.3, 0.4) is 0 Å². The molecule has 1 unspecified atom stereocenters. The smallest absolute Gasteiger partial charge is 0.255 e. The van der Waals surface area contributed by atoms with Crippen LogP contribution in [-0.4, -0.2) is 44.3 Å². The number of hydrogen-bond acceptors (Lipinski definition) is 4. The van der Waals surface area contributed by atoms with Crippen molar-refractivity contribution >= 4 is 17.4 Å². The number of aromatic nitrogens is 3. The van der Waals surface area contributed by atoms with Gasteiger partial charge in [0.15, 0.2) is 0 Å². The van der Waals surface area contributed by atoms with Gasteiger partial charge in [-0.05, 0) is 44.0 Å². The van der Waals surface area contributed by atoms with Gasteiger partial charge < -0.3 is 14.6 Å². The number of pyridine rings is 2. The van der Waals surface area contributed by atoms with Gasteiger partial charge in [-0.2, -0.15) is 0 Å². The van der Waals surface area contributed by atoms with Crippen molar-refractivity contribution in [3.05, 3.63) is 60.2 Å². The maximum atomic E-state index is 12.9. The number of likely N-dealkylation sites (tertiary alicyclic amines) is 1. The van der Waals surface area contributed by atoms with Gasteiger partial charge in [0, 0.05) is 43.4 Å². The van der Waals surface area contributed by atoms with E-state index in [1.54, 1.807) is 6.20 Å². The summed E-state index contributed by atoms with van der Waals surface area (Å²) in [4.78, 5) is 23.6. The summed E-state index contributed by atoms with van der Waals surface area (Å²) in [6.07, 6.45) is 7.50. The van der Waals surface area contributed by atoms with Crippen molar-refractivity contribution in [2.45, 2.75) is 25.8 Å². The highest BCUT2D eigenvalue weighted by Crippen LogP contribution is 2.21. The number of nitrogens with zero attached hydrogens (tertiary/aromatic N) is 4. The Hall–Kier alpha value is -2.89. The molecule has 3 aromatic heterocycles. The Bertz CT molecular complexity index is 903. The lowest BCUT2D eigenvalue weighted by Gasteiger charge is -2.25. The second kappa shape index (κ2) is 6.55. The summed E-state index contributed by atoms with van der Waals surface area (Å²) in [6, 6.07) is 9.85. The Kier molecular flexibility index (Phi) is 4.09. The minimum Gasteiger partial charge on any atom is -0.368 e. The molecule has 3 aromatic rings. The van der Waals surface area contributed by atoms with Crippen LogP contribution in [0.1, 0.15) is 28.9 Å². The second-order valence-corrected chi connectivity index (χ2v) is 6.45. The van der Waals surface area contributed by atoms with Crippen molar-refractivity contribution in [2.24, 2.45) is 0 Å². The van der Waals surface area contributed by atoms with E-state index in [2.05, 4.69) is 15.3 Å². The van der Waals surface area contributed by atoms with Gasteiger partial charge in [-0.25, -0.2) is 9.97 Å². The molecule has 0 aromatic carbocycles. The molecule has 1 N–H and O–H groups in total. The zero-order valence-electron chi connectivity index (χ0n) is 14.2. The van der Waals surface area contributed by atoms with Crippen LogP contribution in [0.25, 0.3) is 5.65 Å². The van der Waals surface area contributed by atoms with Crippen molar-refractivity contribution < 1.29 is 4.79 Å². The first kappa shape index (κ1) is 15.6. The molecule has 1 atom stereocenters. The lowest BCUT2D eigenvalue weighted by Crippen LogP contribution is -2.39. The van der Waals surface area contributed by atoms with Crippen LogP contribution < -0.4 is 5.32 Å². The quantitative estimate of drug-likeness (QED) is 0.796. The third kappa shape index (κ3) is 3.20. The van der Waals surface area contributed by atoms with Gasteiger partial charge >= 0.3 is 0 Å². The van der Waals surface area contributed by atoms with E-state index in [4.69, 9.17) is 0 Å². The molecule has 4 rings (SSSR count). The molecule has 4 heterocycles. The molecule has 1 saturated heterocycles. The van der Waals surface area contributed by atoms with Gasteiger partial charge in [-0.15, -0.1) is 0 Å². The summed E-state index contributed by atoms with van der Waals surface area (Å²) >= 11 is 0. The second-order valence-electron chi connectivity index (χ2n) is 6.45. The summed E-state index contributed by atoms with van der Waals surface area (Å²) in [5, 5.41) is 3.37. The molecule has 128 valence electrons. The maximum Gasteiger partial charge on any atom is 0.255 e. The van der Waals surface area contributed by atoms with Crippen molar-refractivity contribution in [1.29, 1.82) is 0 Å². The highest BCUT2D eigenvalue weighted by atomic mass is 16.2. The van der Waals surface area contributed by atoms with Crippen LogP contribution in [0.4, 0.5) is 5.82 Å². The Morgan fingerprint density at radius 3 is 3.12 bits per heavy atom. The maximum absolute atomic E-state index is 12.9. The number of rotatable bonds is 4. The van der Waals surface area contributed by atoms with Gasteiger partial charge in [0.1, 0.15) is 11.5 Å². The van der Waals surface area contributed by atoms with Crippen LogP contribution in [0.15, 0.2) is 48.9 Å². The molecular formula is C19H21N5O. The summed E-state index contributed by atoms with van der Waals surface area (Å²) in [7, 11) is 0. The summed E-state index contributed by atoms with van der Waals surface area (Å²) < 4.78 is 1.88. The SMILES string of the molecule is Cc1cccc(NCC2CCCN2C(=O)c2ccc3nccn3c2)n1. The monoisotopic (exact) mass is 335 g/mol. The zero-order valence-corrected chi connectivity index (χ0v) is 14.2. The first-order valence-electron chi connectivity index (χ1n) is 8.62. The predicted molar refractivity (Wildman–Crippen MR) is 96.7 cm³/mol. The fraction of sp³-hybridized carbons (Fsp3) is 0.316. The third-order valence-electron chi connectivity index (χ3n) is 4.68. The van der Waals surface area contributed by atoms with E-state index in [1.165, 1.54) is 0 Å². The number of anilines is 1. The summed E-state index contributed by atoms with van der Waals surface area (Å²) in [5.74, 6) is 0.941. The molecule has 0 saturated carbocycles. The Morgan fingerprint density at radius 1 is 1.32 bits per heavy atom. The van der Waals surface area contributed by atoms with Gasteiger partial charge in [-0.3, -0.25) is 4.79 Å². The third-order valence-corrected chi connectivity index (χ3v) is 4.68. The topological polar surface area (TPSA) is 62.5 Å². The fourth-order valence-corrected chi connectivity index (χ4v) is 3.39. The van der Waals surface area contributed by atoms with Gasteiger partial charge in [0.05, 0.1) is 5.56 Å². The number of fused-ring (bicyclic) bond motifs is 1. The number of imidazole rings is 1. The highest BCUT2D eigenvalue weighted by Gasteiger charge is 2.29. The van der Waals surface area contributed by atoms with E-state index in [0.717, 1.165) is 43.1 Å². The number of carbonyl (C=O) groups excluding carboxylic acids is 1. The van der Waals surface area contributed by atoms with Crippen molar-refractivity contribution in [2.75, 3.05) is 18.4 Å². The molecule has 1 amide bonds. The number of hydrogen-bond donors (Lipinski definition) is 1. The van der Waals surface area contributed by atoms with E-state index in [1.807, 2.05) is 58.9 Å². The largest absolute Gasteiger partial charge is 0.368 e. The molecule has 0 aliphatic carbocycles. The Balaban J connectivity index is 1.47. The average Bonchev–Trinajstić information content (AvgIpc) is 3.27. The van der Waals surface area contributed by atoms with E-state index in [0.29, 0.717) is 5.56 Å². The number of carbonyl (C=O) groups is 1. The van der Waals surface area contributed by atoms with Crippen LogP contribution in [0, 0.1) is 6.92 Å². The summed E-state index contributed by atoms with van der Waals surface area (Å²) in [5.41, 5.74) is 2.53. The molecule has 6 nitrogen and oxygen atoms in total. The first-order valence-corrected chi connectivity index (χ1v) is 8.62. The van der Waals surface area contributed by atoms with Crippen LogP contribution in [-0.2, 0) is 0 Å². The highest BCUT2D eigenvalue weighted by molar-refractivity contribution is 5.94. The summed E-state index contributed by atoms with van der Waals surface area (Å²) in [6.45, 7) is 3.49. The molecule has 1 aliphatic rings. The normalized spacial score (nSPS) is 17.2. The van der Waals surface area contributed by atoms with Crippen LogP contribution in [0.5, 0.6) is 0 Å². The minimum absolute atomic E-state index is 0.0806. The average molecular weight is 335 g/mol. The van der Waals surface area contributed by atoms with Gasteiger partial charge in [0.2, 0.25) is 0 Å². The molecule has 1 fully saturated rings. The molecule has 0 radical (unpaired) electrons. The number of amides is 1. The van der Waals surface area contributed by atoms with Crippen LogP contribution in [0.2, 0.25) is 0 Å².